The van der Waals surface area contributed by atoms with Crippen LogP contribution in [0.25, 0.3) is 0 Å². The number of aromatic nitrogens is 3. The highest BCUT2D eigenvalue weighted by Crippen LogP contribution is 2.11. The number of nitrogens with one attached hydrogen (secondary N) is 3. The van der Waals surface area contributed by atoms with Crippen LogP contribution in [0.3, 0.4) is 0 Å². The molecule has 0 bridgehead atoms. The molecule has 0 saturated carbocycles. The lowest BCUT2D eigenvalue weighted by molar-refractivity contribution is 0.0547. The van der Waals surface area contributed by atoms with Crippen molar-refractivity contribution in [1.29, 1.82) is 0 Å². The fourth-order valence-corrected chi connectivity index (χ4v) is 1.74. The van der Waals surface area contributed by atoms with Crippen LogP contribution in [0.15, 0.2) is 0 Å². The van der Waals surface area contributed by atoms with E-state index in [9.17, 15) is 0 Å². The van der Waals surface area contributed by atoms with Gasteiger partial charge in [-0.15, -0.1) is 0 Å². The zero-order valence-corrected chi connectivity index (χ0v) is 15.1. The summed E-state index contributed by atoms with van der Waals surface area (Å²) in [5.74, 6) is 1.60. The Bertz CT molecular complexity index is 429. The number of ether oxygens (including phenoxy) is 2. The zero-order chi connectivity index (χ0) is 17.8. The summed E-state index contributed by atoms with van der Waals surface area (Å²) in [6.45, 7) is 11.5. The highest BCUT2D eigenvalue weighted by atomic mass is 16.5. The molecule has 0 amide bonds. The highest BCUT2D eigenvalue weighted by Gasteiger charge is 2.08. The standard InChI is InChI=1S/C15H31N7O2/c1-11(2)18-14-20-13(21-15(22-14)19-12(3)4)17-6-8-24-10-9-23-7-5-16/h11-12H,5-10,16H2,1-4H3,(H3,17,18,19,20,21,22). The van der Waals surface area contributed by atoms with Gasteiger partial charge in [0.2, 0.25) is 17.8 Å². The van der Waals surface area contributed by atoms with Crippen LogP contribution in [0.1, 0.15) is 27.7 Å². The molecule has 1 aromatic heterocycles. The van der Waals surface area contributed by atoms with Crippen molar-refractivity contribution in [3.05, 3.63) is 0 Å². The Morgan fingerprint density at radius 1 is 0.792 bits per heavy atom. The normalized spacial score (nSPS) is 11.1. The van der Waals surface area contributed by atoms with E-state index in [4.69, 9.17) is 15.2 Å². The van der Waals surface area contributed by atoms with Gasteiger partial charge in [-0.2, -0.15) is 15.0 Å². The molecule has 1 aromatic rings. The van der Waals surface area contributed by atoms with E-state index in [1.807, 2.05) is 27.7 Å². The van der Waals surface area contributed by atoms with Crippen LogP contribution in [0.2, 0.25) is 0 Å². The third-order valence-corrected chi connectivity index (χ3v) is 2.63. The third kappa shape index (κ3) is 9.43. The molecule has 0 radical (unpaired) electrons. The zero-order valence-electron chi connectivity index (χ0n) is 15.1. The molecule has 0 fully saturated rings. The molecule has 1 rings (SSSR count). The second kappa shape index (κ2) is 11.8. The van der Waals surface area contributed by atoms with Gasteiger partial charge in [0.05, 0.1) is 26.4 Å². The molecule has 9 heteroatoms. The number of nitrogens with two attached hydrogens (primary N) is 1. The van der Waals surface area contributed by atoms with Gasteiger partial charge >= 0.3 is 0 Å². The van der Waals surface area contributed by atoms with Gasteiger partial charge in [-0.3, -0.25) is 0 Å². The van der Waals surface area contributed by atoms with E-state index in [1.54, 1.807) is 0 Å². The molecular formula is C15H31N7O2. The largest absolute Gasteiger partial charge is 0.378 e. The first-order valence-corrected chi connectivity index (χ1v) is 8.39. The van der Waals surface area contributed by atoms with Crippen molar-refractivity contribution in [3.8, 4) is 0 Å². The average molecular weight is 341 g/mol. The lowest BCUT2D eigenvalue weighted by Crippen LogP contribution is -2.20. The minimum atomic E-state index is 0.240. The van der Waals surface area contributed by atoms with E-state index in [0.29, 0.717) is 57.4 Å². The van der Waals surface area contributed by atoms with Crippen molar-refractivity contribution in [2.24, 2.45) is 5.73 Å². The van der Waals surface area contributed by atoms with Gasteiger partial charge in [0, 0.05) is 25.2 Å². The molecule has 24 heavy (non-hydrogen) atoms. The van der Waals surface area contributed by atoms with Gasteiger partial charge in [-0.25, -0.2) is 0 Å². The van der Waals surface area contributed by atoms with Crippen molar-refractivity contribution in [2.45, 2.75) is 39.8 Å². The first kappa shape index (κ1) is 20.3. The molecule has 0 aliphatic carbocycles. The van der Waals surface area contributed by atoms with E-state index in [1.165, 1.54) is 0 Å². The van der Waals surface area contributed by atoms with Gasteiger partial charge in [0.15, 0.2) is 0 Å². The fraction of sp³-hybridized carbons (Fsp3) is 0.800. The van der Waals surface area contributed by atoms with Crippen LogP contribution >= 0.6 is 0 Å². The van der Waals surface area contributed by atoms with Gasteiger partial charge in [0.1, 0.15) is 0 Å². The minimum Gasteiger partial charge on any atom is -0.378 e. The number of hydrogen-bond acceptors (Lipinski definition) is 9. The Labute approximate surface area is 144 Å². The summed E-state index contributed by atoms with van der Waals surface area (Å²) in [6.07, 6.45) is 0. The van der Waals surface area contributed by atoms with E-state index in [-0.39, 0.29) is 12.1 Å². The van der Waals surface area contributed by atoms with Gasteiger partial charge < -0.3 is 31.2 Å². The Morgan fingerprint density at radius 3 is 1.79 bits per heavy atom. The van der Waals surface area contributed by atoms with E-state index in [0.717, 1.165) is 0 Å². The fourth-order valence-electron chi connectivity index (χ4n) is 1.74. The smallest absolute Gasteiger partial charge is 0.229 e. The Balaban J connectivity index is 2.44. The SMILES string of the molecule is CC(C)Nc1nc(NCCOCCOCCN)nc(NC(C)C)n1. The first-order valence-electron chi connectivity index (χ1n) is 8.39. The van der Waals surface area contributed by atoms with Gasteiger partial charge in [-0.05, 0) is 27.7 Å². The van der Waals surface area contributed by atoms with Crippen LogP contribution in [0.4, 0.5) is 17.8 Å². The maximum atomic E-state index is 5.46. The molecule has 0 saturated heterocycles. The van der Waals surface area contributed by atoms with Crippen LogP contribution < -0.4 is 21.7 Å². The van der Waals surface area contributed by atoms with E-state index in [2.05, 4.69) is 30.9 Å². The third-order valence-electron chi connectivity index (χ3n) is 2.63. The lowest BCUT2D eigenvalue weighted by Gasteiger charge is -2.14. The topological polar surface area (TPSA) is 119 Å². The predicted molar refractivity (Wildman–Crippen MR) is 96.5 cm³/mol. The first-order chi connectivity index (χ1) is 11.5. The summed E-state index contributed by atoms with van der Waals surface area (Å²) in [4.78, 5) is 13.1. The van der Waals surface area contributed by atoms with Crippen molar-refractivity contribution in [2.75, 3.05) is 55.5 Å². The van der Waals surface area contributed by atoms with Crippen molar-refractivity contribution in [1.82, 2.24) is 15.0 Å². The number of nitrogens with zero attached hydrogens (tertiary/aromatic N) is 3. The van der Waals surface area contributed by atoms with Gasteiger partial charge in [0.25, 0.3) is 0 Å². The average Bonchev–Trinajstić information content (AvgIpc) is 2.48. The van der Waals surface area contributed by atoms with Crippen LogP contribution in [0, 0.1) is 0 Å². The second-order valence-corrected chi connectivity index (χ2v) is 5.84. The number of anilines is 3. The quantitative estimate of drug-likeness (QED) is 0.388. The number of rotatable bonds is 13. The van der Waals surface area contributed by atoms with Gasteiger partial charge in [-0.1, -0.05) is 0 Å². The summed E-state index contributed by atoms with van der Waals surface area (Å²) in [7, 11) is 0. The Hall–Kier alpha value is -1.71. The molecule has 0 aliphatic rings. The predicted octanol–water partition coefficient (Wildman–Crippen LogP) is 0.916. The summed E-state index contributed by atoms with van der Waals surface area (Å²) in [5, 5.41) is 9.52. The highest BCUT2D eigenvalue weighted by molar-refractivity contribution is 5.42. The van der Waals surface area contributed by atoms with Crippen LogP contribution in [-0.4, -0.2) is 66.6 Å². The van der Waals surface area contributed by atoms with Crippen molar-refractivity contribution >= 4 is 17.8 Å². The molecule has 0 aliphatic heterocycles. The molecule has 0 aromatic carbocycles. The molecule has 0 spiro atoms. The molecule has 5 N–H and O–H groups in total. The molecule has 1 heterocycles. The Morgan fingerprint density at radius 2 is 1.29 bits per heavy atom. The second-order valence-electron chi connectivity index (χ2n) is 5.84. The molecule has 0 unspecified atom stereocenters. The lowest BCUT2D eigenvalue weighted by atomic mass is 10.4. The summed E-state index contributed by atoms with van der Waals surface area (Å²) < 4.78 is 10.7. The van der Waals surface area contributed by atoms with Crippen molar-refractivity contribution in [3.63, 3.8) is 0 Å². The maximum Gasteiger partial charge on any atom is 0.229 e. The number of hydrogen-bond donors (Lipinski definition) is 4. The van der Waals surface area contributed by atoms with E-state index >= 15 is 0 Å². The summed E-state index contributed by atoms with van der Waals surface area (Å²) in [5.41, 5.74) is 5.33. The minimum absolute atomic E-state index is 0.240. The van der Waals surface area contributed by atoms with Crippen LogP contribution in [0.5, 0.6) is 0 Å². The monoisotopic (exact) mass is 341 g/mol. The van der Waals surface area contributed by atoms with Crippen LogP contribution in [-0.2, 0) is 9.47 Å². The van der Waals surface area contributed by atoms with Crippen molar-refractivity contribution < 1.29 is 9.47 Å². The summed E-state index contributed by atoms with van der Waals surface area (Å²) >= 11 is 0. The molecule has 9 nitrogen and oxygen atoms in total. The van der Waals surface area contributed by atoms with E-state index < -0.39 is 0 Å². The molecular weight excluding hydrogens is 310 g/mol. The Kier molecular flexibility index (Phi) is 9.97. The molecule has 138 valence electrons. The summed E-state index contributed by atoms with van der Waals surface area (Å²) in [6, 6.07) is 0.480. The maximum absolute atomic E-state index is 5.46. The molecule has 0 atom stereocenters.